The van der Waals surface area contributed by atoms with Gasteiger partial charge in [-0.3, -0.25) is 9.79 Å². The number of amides is 1. The van der Waals surface area contributed by atoms with Gasteiger partial charge in [0.15, 0.2) is 5.96 Å². The molecule has 0 spiro atoms. The third-order valence-corrected chi connectivity index (χ3v) is 4.13. The Morgan fingerprint density at radius 3 is 2.19 bits per heavy atom. The first-order chi connectivity index (χ1) is 12.2. The van der Waals surface area contributed by atoms with Crippen molar-refractivity contribution in [1.29, 1.82) is 0 Å². The summed E-state index contributed by atoms with van der Waals surface area (Å²) in [6.07, 6.45) is 0.0879. The molecule has 27 heavy (non-hydrogen) atoms. The van der Waals surface area contributed by atoms with Crippen molar-refractivity contribution >= 4 is 41.5 Å². The number of benzene rings is 1. The Labute approximate surface area is 181 Å². The van der Waals surface area contributed by atoms with Crippen LogP contribution in [0.5, 0.6) is 0 Å². The molecule has 0 aliphatic carbocycles. The molecule has 6 nitrogen and oxygen atoms in total. The number of carbonyl (C=O) groups excluding carboxylic acids is 1. The summed E-state index contributed by atoms with van der Waals surface area (Å²) >= 11 is 0. The molecular weight excluding hydrogens is 455 g/mol. The van der Waals surface area contributed by atoms with Crippen LogP contribution < -0.4 is 16.0 Å². The first-order valence-corrected chi connectivity index (χ1v) is 9.04. The molecule has 3 N–H and O–H groups in total. The van der Waals surface area contributed by atoms with E-state index in [-0.39, 0.29) is 47.3 Å². The van der Waals surface area contributed by atoms with Gasteiger partial charge in [-0.1, -0.05) is 46.8 Å². The van der Waals surface area contributed by atoms with Crippen molar-refractivity contribution < 1.29 is 9.53 Å². The number of guanidine groups is 1. The van der Waals surface area contributed by atoms with Crippen molar-refractivity contribution in [2.45, 2.75) is 47.3 Å². The van der Waals surface area contributed by atoms with E-state index in [1.165, 1.54) is 0 Å². The molecule has 0 radical (unpaired) electrons. The SMILES string of the molecule is CN=C(NCc1ccc(NC(=O)C(C)C)cc1)NCC(OC)C(C)(C)C.I. The lowest BCUT2D eigenvalue weighted by atomic mass is 9.89. The molecule has 1 atom stereocenters. The van der Waals surface area contributed by atoms with E-state index in [9.17, 15) is 4.79 Å². The number of ether oxygens (including phenoxy) is 1. The summed E-state index contributed by atoms with van der Waals surface area (Å²) in [6.45, 7) is 11.5. The minimum Gasteiger partial charge on any atom is -0.379 e. The summed E-state index contributed by atoms with van der Waals surface area (Å²) in [6, 6.07) is 7.80. The van der Waals surface area contributed by atoms with Crippen LogP contribution in [0.2, 0.25) is 0 Å². The molecule has 0 saturated heterocycles. The van der Waals surface area contributed by atoms with Crippen LogP contribution in [-0.2, 0) is 16.1 Å². The molecule has 1 amide bonds. The highest BCUT2D eigenvalue weighted by molar-refractivity contribution is 14.0. The first-order valence-electron chi connectivity index (χ1n) is 9.04. The van der Waals surface area contributed by atoms with Crippen LogP contribution in [0.15, 0.2) is 29.3 Å². The highest BCUT2D eigenvalue weighted by Gasteiger charge is 2.24. The summed E-state index contributed by atoms with van der Waals surface area (Å²) in [5, 5.41) is 9.48. The second-order valence-corrected chi connectivity index (χ2v) is 7.74. The van der Waals surface area contributed by atoms with Crippen molar-refractivity contribution in [2.24, 2.45) is 16.3 Å². The molecule has 0 saturated carbocycles. The molecule has 1 aromatic carbocycles. The van der Waals surface area contributed by atoms with Crippen molar-refractivity contribution in [2.75, 3.05) is 26.0 Å². The fraction of sp³-hybridized carbons (Fsp3) is 0.600. The Kier molecular flexibility index (Phi) is 11.6. The van der Waals surface area contributed by atoms with Crippen LogP contribution >= 0.6 is 24.0 Å². The Morgan fingerprint density at radius 2 is 1.74 bits per heavy atom. The Balaban J connectivity index is 0.00000676. The third-order valence-electron chi connectivity index (χ3n) is 4.13. The fourth-order valence-electron chi connectivity index (χ4n) is 2.33. The highest BCUT2D eigenvalue weighted by atomic mass is 127. The van der Waals surface area contributed by atoms with E-state index in [0.717, 1.165) is 17.2 Å². The van der Waals surface area contributed by atoms with Crippen LogP contribution in [0.1, 0.15) is 40.2 Å². The van der Waals surface area contributed by atoms with Crippen molar-refractivity contribution in [3.05, 3.63) is 29.8 Å². The molecule has 1 unspecified atom stereocenters. The topological polar surface area (TPSA) is 74.8 Å². The van der Waals surface area contributed by atoms with Gasteiger partial charge in [0.05, 0.1) is 6.10 Å². The van der Waals surface area contributed by atoms with Gasteiger partial charge in [-0.05, 0) is 23.1 Å². The minimum absolute atomic E-state index is 0. The van der Waals surface area contributed by atoms with E-state index in [2.05, 4.69) is 41.7 Å². The van der Waals surface area contributed by atoms with Gasteiger partial charge in [-0.15, -0.1) is 24.0 Å². The van der Waals surface area contributed by atoms with E-state index < -0.39 is 0 Å². The van der Waals surface area contributed by atoms with Gasteiger partial charge in [0.1, 0.15) is 0 Å². The number of halogens is 1. The lowest BCUT2D eigenvalue weighted by Crippen LogP contribution is -2.45. The lowest BCUT2D eigenvalue weighted by molar-refractivity contribution is -0.118. The van der Waals surface area contributed by atoms with Crippen LogP contribution in [0.25, 0.3) is 0 Å². The zero-order valence-corrected chi connectivity index (χ0v) is 19.9. The van der Waals surface area contributed by atoms with Crippen LogP contribution in [-0.4, -0.2) is 38.7 Å². The summed E-state index contributed by atoms with van der Waals surface area (Å²) in [4.78, 5) is 16.0. The van der Waals surface area contributed by atoms with Crippen molar-refractivity contribution in [3.8, 4) is 0 Å². The second-order valence-electron chi connectivity index (χ2n) is 7.74. The Morgan fingerprint density at radius 1 is 1.15 bits per heavy atom. The van der Waals surface area contributed by atoms with Crippen LogP contribution in [0.3, 0.4) is 0 Å². The Bertz CT molecular complexity index is 595. The largest absolute Gasteiger partial charge is 0.379 e. The second kappa shape index (κ2) is 12.2. The number of rotatable bonds is 7. The molecule has 0 fully saturated rings. The van der Waals surface area contributed by atoms with Gasteiger partial charge in [0, 0.05) is 38.9 Å². The summed E-state index contributed by atoms with van der Waals surface area (Å²) in [7, 11) is 3.48. The van der Waals surface area contributed by atoms with E-state index in [1.807, 2.05) is 38.1 Å². The first kappa shape index (κ1) is 25.6. The predicted octanol–water partition coefficient (Wildman–Crippen LogP) is 3.63. The van der Waals surface area contributed by atoms with Crippen molar-refractivity contribution in [3.63, 3.8) is 0 Å². The lowest BCUT2D eigenvalue weighted by Gasteiger charge is -2.30. The number of carbonyl (C=O) groups is 1. The van der Waals surface area contributed by atoms with Gasteiger partial charge >= 0.3 is 0 Å². The van der Waals surface area contributed by atoms with E-state index in [1.54, 1.807) is 14.2 Å². The molecule has 0 bridgehead atoms. The maximum atomic E-state index is 11.7. The number of hydrogen-bond acceptors (Lipinski definition) is 3. The van der Waals surface area contributed by atoms with Crippen LogP contribution in [0, 0.1) is 11.3 Å². The molecule has 7 heteroatoms. The zero-order chi connectivity index (χ0) is 19.7. The average molecular weight is 490 g/mol. The number of nitrogens with one attached hydrogen (secondary N) is 3. The number of hydrogen-bond donors (Lipinski definition) is 3. The molecule has 154 valence electrons. The smallest absolute Gasteiger partial charge is 0.226 e. The number of anilines is 1. The highest BCUT2D eigenvalue weighted by Crippen LogP contribution is 2.20. The van der Waals surface area contributed by atoms with Gasteiger partial charge in [-0.25, -0.2) is 0 Å². The standard InChI is InChI=1S/C20H34N4O2.HI/c1-14(2)18(25)24-16-10-8-15(9-11-16)12-22-19(21-6)23-13-17(26-7)20(3,4)5;/h8-11,14,17H,12-13H2,1-7H3,(H,24,25)(H2,21,22,23);1H. The van der Waals surface area contributed by atoms with E-state index in [0.29, 0.717) is 13.1 Å². The van der Waals surface area contributed by atoms with Gasteiger partial charge in [-0.2, -0.15) is 0 Å². The Hall–Kier alpha value is -1.35. The maximum Gasteiger partial charge on any atom is 0.226 e. The van der Waals surface area contributed by atoms with E-state index in [4.69, 9.17) is 4.74 Å². The summed E-state index contributed by atoms with van der Waals surface area (Å²) in [5.41, 5.74) is 1.97. The van der Waals surface area contributed by atoms with Gasteiger partial charge < -0.3 is 20.7 Å². The molecular formula is C20H35IN4O2. The predicted molar refractivity (Wildman–Crippen MR) is 124 cm³/mol. The minimum atomic E-state index is -0.0326. The molecule has 0 aliphatic heterocycles. The monoisotopic (exact) mass is 490 g/mol. The number of aliphatic imine (C=N–C) groups is 1. The average Bonchev–Trinajstić information content (AvgIpc) is 2.58. The number of methoxy groups -OCH3 is 1. The molecule has 0 aromatic heterocycles. The maximum absolute atomic E-state index is 11.7. The zero-order valence-electron chi connectivity index (χ0n) is 17.6. The van der Waals surface area contributed by atoms with Gasteiger partial charge in [0.25, 0.3) is 0 Å². The summed E-state index contributed by atoms with van der Waals surface area (Å²) in [5.74, 6) is 0.718. The van der Waals surface area contributed by atoms with Crippen LogP contribution in [0.4, 0.5) is 5.69 Å². The normalized spacial score (nSPS) is 13.0. The van der Waals surface area contributed by atoms with Gasteiger partial charge in [0.2, 0.25) is 5.91 Å². The summed E-state index contributed by atoms with van der Waals surface area (Å²) < 4.78 is 5.55. The molecule has 1 rings (SSSR count). The van der Waals surface area contributed by atoms with Crippen molar-refractivity contribution in [1.82, 2.24) is 10.6 Å². The molecule has 0 aliphatic rings. The quantitative estimate of drug-likeness (QED) is 0.310. The molecule has 0 heterocycles. The molecule has 1 aromatic rings. The van der Waals surface area contributed by atoms with E-state index >= 15 is 0 Å². The third kappa shape index (κ3) is 9.41. The fourth-order valence-corrected chi connectivity index (χ4v) is 2.33. The number of nitrogens with zero attached hydrogens (tertiary/aromatic N) is 1.